The van der Waals surface area contributed by atoms with Crippen LogP contribution in [-0.4, -0.2) is 34.1 Å². The van der Waals surface area contributed by atoms with Crippen LogP contribution in [0.15, 0.2) is 59.5 Å². The summed E-state index contributed by atoms with van der Waals surface area (Å²) in [6.07, 6.45) is 0.991. The largest absolute Gasteiger partial charge is 0.398 e. The minimum atomic E-state index is 0.0790. The summed E-state index contributed by atoms with van der Waals surface area (Å²) in [5, 5.41) is 1.46. The number of para-hydroxylation sites is 2. The molecule has 122 valence electrons. The second kappa shape index (κ2) is 6.24. The zero-order valence-corrected chi connectivity index (χ0v) is 14.1. The Balaban J connectivity index is 1.46. The fraction of sp³-hybridized carbons (Fsp3) is 0.211. The number of fused-ring (bicyclic) bond motifs is 1. The number of H-pyrrole nitrogens is 1. The molecule has 0 saturated carbocycles. The van der Waals surface area contributed by atoms with Gasteiger partial charge in [-0.15, -0.1) is 11.8 Å². The van der Waals surface area contributed by atoms with Crippen molar-refractivity contribution < 1.29 is 4.79 Å². The van der Waals surface area contributed by atoms with Crippen molar-refractivity contribution in [3.8, 4) is 0 Å². The molecule has 2 aromatic carbocycles. The molecule has 1 aromatic heterocycles. The number of amides is 1. The van der Waals surface area contributed by atoms with Gasteiger partial charge in [0.25, 0.3) is 5.91 Å². The van der Waals surface area contributed by atoms with Gasteiger partial charge >= 0.3 is 0 Å². The van der Waals surface area contributed by atoms with Crippen LogP contribution in [0.3, 0.4) is 0 Å². The first kappa shape index (κ1) is 15.1. The molecule has 1 atom stereocenters. The normalized spacial score (nSPS) is 17.5. The zero-order valence-electron chi connectivity index (χ0n) is 13.2. The second-order valence-corrected chi connectivity index (χ2v) is 7.43. The van der Waals surface area contributed by atoms with E-state index in [1.165, 1.54) is 0 Å². The molecular weight excluding hydrogens is 318 g/mol. The topological polar surface area (TPSA) is 62.1 Å². The summed E-state index contributed by atoms with van der Waals surface area (Å²) >= 11 is 1.77. The van der Waals surface area contributed by atoms with Crippen LogP contribution in [0.2, 0.25) is 0 Å². The lowest BCUT2D eigenvalue weighted by atomic mass is 10.2. The highest BCUT2D eigenvalue weighted by atomic mass is 32.2. The van der Waals surface area contributed by atoms with Crippen molar-refractivity contribution in [2.75, 3.05) is 18.8 Å². The summed E-state index contributed by atoms with van der Waals surface area (Å²) in [6, 6.07) is 17.8. The molecule has 1 amide bonds. The molecule has 0 spiro atoms. The molecule has 0 bridgehead atoms. The lowest BCUT2D eigenvalue weighted by Gasteiger charge is -2.16. The highest BCUT2D eigenvalue weighted by molar-refractivity contribution is 8.00. The fourth-order valence-corrected chi connectivity index (χ4v) is 4.33. The van der Waals surface area contributed by atoms with E-state index in [1.54, 1.807) is 11.8 Å². The molecule has 3 aromatic rings. The molecule has 4 rings (SSSR count). The Hall–Kier alpha value is -2.40. The molecule has 4 nitrogen and oxygen atoms in total. The molecule has 0 radical (unpaired) electrons. The number of nitrogens with one attached hydrogen (secondary N) is 1. The van der Waals surface area contributed by atoms with E-state index in [-0.39, 0.29) is 5.91 Å². The maximum atomic E-state index is 12.7. The Kier molecular flexibility index (Phi) is 3.94. The first-order valence-corrected chi connectivity index (χ1v) is 8.97. The van der Waals surface area contributed by atoms with Crippen LogP contribution < -0.4 is 5.73 Å². The van der Waals surface area contributed by atoms with Crippen LogP contribution in [0.4, 0.5) is 5.69 Å². The van der Waals surface area contributed by atoms with E-state index in [0.717, 1.165) is 41.0 Å². The van der Waals surface area contributed by atoms with Gasteiger partial charge in [-0.2, -0.15) is 0 Å². The average Bonchev–Trinajstić information content (AvgIpc) is 3.23. The van der Waals surface area contributed by atoms with Crippen LogP contribution >= 0.6 is 11.8 Å². The van der Waals surface area contributed by atoms with Crippen LogP contribution in [0.25, 0.3) is 10.9 Å². The van der Waals surface area contributed by atoms with Gasteiger partial charge in [-0.05, 0) is 30.7 Å². The summed E-state index contributed by atoms with van der Waals surface area (Å²) in [7, 11) is 0. The van der Waals surface area contributed by atoms with Crippen molar-refractivity contribution in [2.45, 2.75) is 16.6 Å². The van der Waals surface area contributed by atoms with Gasteiger partial charge in [0.05, 0.1) is 0 Å². The molecule has 1 unspecified atom stereocenters. The van der Waals surface area contributed by atoms with E-state index < -0.39 is 0 Å². The molecule has 1 fully saturated rings. The minimum Gasteiger partial charge on any atom is -0.398 e. The van der Waals surface area contributed by atoms with Crippen LogP contribution in [0, 0.1) is 0 Å². The van der Waals surface area contributed by atoms with Gasteiger partial charge in [-0.25, -0.2) is 0 Å². The van der Waals surface area contributed by atoms with Crippen molar-refractivity contribution in [3.05, 3.63) is 60.3 Å². The molecule has 0 aliphatic carbocycles. The molecule has 5 heteroatoms. The Bertz CT molecular complexity index is 856. The van der Waals surface area contributed by atoms with Crippen molar-refractivity contribution >= 4 is 34.3 Å². The molecule has 1 aliphatic rings. The third-order valence-electron chi connectivity index (χ3n) is 4.41. The lowest BCUT2D eigenvalue weighted by Crippen LogP contribution is -2.29. The number of nitrogens with zero attached hydrogens (tertiary/aromatic N) is 1. The Morgan fingerprint density at radius 3 is 2.79 bits per heavy atom. The van der Waals surface area contributed by atoms with E-state index >= 15 is 0 Å². The molecule has 24 heavy (non-hydrogen) atoms. The molecule has 2 heterocycles. The number of carbonyl (C=O) groups excluding carboxylic acids is 1. The number of anilines is 1. The number of thioether (sulfide) groups is 1. The van der Waals surface area contributed by atoms with Gasteiger partial charge in [0.15, 0.2) is 0 Å². The predicted molar refractivity (Wildman–Crippen MR) is 99.3 cm³/mol. The Morgan fingerprint density at radius 1 is 1.17 bits per heavy atom. The van der Waals surface area contributed by atoms with Crippen LogP contribution in [-0.2, 0) is 0 Å². The van der Waals surface area contributed by atoms with Crippen molar-refractivity contribution in [1.82, 2.24) is 9.88 Å². The van der Waals surface area contributed by atoms with Crippen molar-refractivity contribution in [3.63, 3.8) is 0 Å². The van der Waals surface area contributed by atoms with Crippen molar-refractivity contribution in [2.24, 2.45) is 0 Å². The number of benzene rings is 2. The first-order chi connectivity index (χ1) is 11.7. The Labute approximate surface area is 145 Å². The number of carbonyl (C=O) groups is 1. The van der Waals surface area contributed by atoms with E-state index in [9.17, 15) is 4.79 Å². The number of hydrogen-bond donors (Lipinski definition) is 2. The highest BCUT2D eigenvalue weighted by Gasteiger charge is 2.28. The first-order valence-electron chi connectivity index (χ1n) is 8.09. The summed E-state index contributed by atoms with van der Waals surface area (Å²) in [6.45, 7) is 1.55. The summed E-state index contributed by atoms with van der Waals surface area (Å²) in [5.74, 6) is 0.0790. The molecule has 1 saturated heterocycles. The number of aromatic nitrogens is 1. The van der Waals surface area contributed by atoms with Gasteiger partial charge in [0.2, 0.25) is 0 Å². The monoisotopic (exact) mass is 337 g/mol. The van der Waals surface area contributed by atoms with E-state index in [4.69, 9.17) is 5.73 Å². The summed E-state index contributed by atoms with van der Waals surface area (Å²) < 4.78 is 0. The quantitative estimate of drug-likeness (QED) is 0.715. The van der Waals surface area contributed by atoms with Crippen LogP contribution in [0.5, 0.6) is 0 Å². The number of aromatic amines is 1. The maximum Gasteiger partial charge on any atom is 0.270 e. The second-order valence-electron chi connectivity index (χ2n) is 6.09. The van der Waals surface area contributed by atoms with Gasteiger partial charge in [-0.1, -0.05) is 30.3 Å². The number of hydrogen-bond acceptors (Lipinski definition) is 3. The SMILES string of the molecule is Nc1ccccc1SC1CCN(C(=O)c2cc3ccccc3[nH]2)C1. The van der Waals surface area contributed by atoms with Gasteiger partial charge in [0.1, 0.15) is 5.69 Å². The fourth-order valence-electron chi connectivity index (χ4n) is 3.14. The smallest absolute Gasteiger partial charge is 0.270 e. The van der Waals surface area contributed by atoms with E-state index in [1.807, 2.05) is 59.5 Å². The lowest BCUT2D eigenvalue weighted by molar-refractivity contribution is 0.0788. The number of likely N-dealkylation sites (tertiary alicyclic amines) is 1. The number of nitrogens with two attached hydrogens (primary N) is 1. The average molecular weight is 337 g/mol. The zero-order chi connectivity index (χ0) is 16.5. The summed E-state index contributed by atoms with van der Waals surface area (Å²) in [5.41, 5.74) is 8.50. The van der Waals surface area contributed by atoms with E-state index in [2.05, 4.69) is 4.98 Å². The van der Waals surface area contributed by atoms with Gasteiger partial charge in [-0.3, -0.25) is 4.79 Å². The van der Waals surface area contributed by atoms with Gasteiger partial charge < -0.3 is 15.6 Å². The highest BCUT2D eigenvalue weighted by Crippen LogP contribution is 2.33. The molecular formula is C19H19N3OS. The predicted octanol–water partition coefficient (Wildman–Crippen LogP) is 3.76. The van der Waals surface area contributed by atoms with Crippen molar-refractivity contribution in [1.29, 1.82) is 0 Å². The molecule has 3 N–H and O–H groups in total. The van der Waals surface area contributed by atoms with Gasteiger partial charge in [0, 0.05) is 39.8 Å². The Morgan fingerprint density at radius 2 is 1.96 bits per heavy atom. The number of rotatable bonds is 3. The standard InChI is InChI=1S/C19H19N3OS/c20-15-6-2-4-8-18(15)24-14-9-10-22(12-14)19(23)17-11-13-5-1-3-7-16(13)21-17/h1-8,11,14,21H,9-10,12,20H2. The maximum absolute atomic E-state index is 12.7. The molecule has 1 aliphatic heterocycles. The summed E-state index contributed by atoms with van der Waals surface area (Å²) in [4.78, 5) is 19.0. The minimum absolute atomic E-state index is 0.0790. The van der Waals surface area contributed by atoms with Crippen LogP contribution in [0.1, 0.15) is 16.9 Å². The number of nitrogen functional groups attached to an aromatic ring is 1. The van der Waals surface area contributed by atoms with E-state index in [0.29, 0.717) is 10.9 Å². The third kappa shape index (κ3) is 2.87. The third-order valence-corrected chi connectivity index (χ3v) is 5.75.